The second-order valence-corrected chi connectivity index (χ2v) is 11.5. The van der Waals surface area contributed by atoms with Crippen molar-refractivity contribution in [1.29, 1.82) is 0 Å². The number of nitrogens with zero attached hydrogens (tertiary/aromatic N) is 1. The molecule has 2 unspecified atom stereocenters. The van der Waals surface area contributed by atoms with Gasteiger partial charge in [-0.1, -0.05) is 77.9 Å². The zero-order valence-corrected chi connectivity index (χ0v) is 21.3. The number of fused-ring (bicyclic) bond motifs is 4. The van der Waals surface area contributed by atoms with Crippen molar-refractivity contribution in [3.05, 3.63) is 58.7 Å². The summed E-state index contributed by atoms with van der Waals surface area (Å²) in [5, 5.41) is 32.9. The van der Waals surface area contributed by atoms with E-state index < -0.39 is 0 Å². The highest BCUT2D eigenvalue weighted by Gasteiger charge is 2.29. The summed E-state index contributed by atoms with van der Waals surface area (Å²) in [6, 6.07) is 11.9. The van der Waals surface area contributed by atoms with Gasteiger partial charge in [0.05, 0.1) is 12.3 Å². The van der Waals surface area contributed by atoms with E-state index in [9.17, 15) is 10.2 Å². The minimum Gasteiger partial charge on any atom is -0.507 e. The van der Waals surface area contributed by atoms with Crippen LogP contribution in [0.1, 0.15) is 63.8 Å². The van der Waals surface area contributed by atoms with Gasteiger partial charge in [0.15, 0.2) is 0 Å². The average Bonchev–Trinajstić information content (AvgIpc) is 2.70. The van der Waals surface area contributed by atoms with Crippen LogP contribution in [0.25, 0.3) is 0 Å². The lowest BCUT2D eigenvalue weighted by Crippen LogP contribution is -2.51. The van der Waals surface area contributed by atoms with Gasteiger partial charge in [0, 0.05) is 48.4 Å². The quantitative estimate of drug-likeness (QED) is 0.409. The van der Waals surface area contributed by atoms with Crippen molar-refractivity contribution < 1.29 is 10.2 Å². The van der Waals surface area contributed by atoms with Crippen LogP contribution in [0.5, 0.6) is 11.5 Å². The zero-order chi connectivity index (χ0) is 24.4. The molecule has 6 heteroatoms. The van der Waals surface area contributed by atoms with E-state index >= 15 is 0 Å². The third-order valence-corrected chi connectivity index (χ3v) is 6.43. The first kappa shape index (κ1) is 25.5. The van der Waals surface area contributed by atoms with E-state index in [1.165, 1.54) is 0 Å². The van der Waals surface area contributed by atoms with Crippen LogP contribution in [0, 0.1) is 10.8 Å². The Bertz CT molecular complexity index is 946. The van der Waals surface area contributed by atoms with Gasteiger partial charge in [0.1, 0.15) is 11.5 Å². The van der Waals surface area contributed by atoms with Crippen molar-refractivity contribution in [2.45, 2.75) is 80.1 Å². The summed E-state index contributed by atoms with van der Waals surface area (Å²) in [4.78, 5) is 2.23. The molecule has 182 valence electrons. The van der Waals surface area contributed by atoms with Crippen LogP contribution >= 0.6 is 0 Å². The van der Waals surface area contributed by atoms with Gasteiger partial charge in [-0.15, -0.1) is 0 Å². The van der Waals surface area contributed by atoms with Crippen molar-refractivity contribution in [1.82, 2.24) is 20.9 Å². The number of hydrogen-bond acceptors (Lipinski definition) is 6. The van der Waals surface area contributed by atoms with Gasteiger partial charge in [0.25, 0.3) is 0 Å². The molecule has 2 aromatic rings. The number of nitrogens with one attached hydrogen (secondary N) is 3. The van der Waals surface area contributed by atoms with E-state index in [0.29, 0.717) is 37.7 Å². The van der Waals surface area contributed by atoms with Gasteiger partial charge < -0.3 is 10.2 Å². The van der Waals surface area contributed by atoms with Crippen LogP contribution in [0.2, 0.25) is 0 Å². The molecule has 3 rings (SSSR count). The van der Waals surface area contributed by atoms with Crippen molar-refractivity contribution in [2.75, 3.05) is 7.05 Å². The molecule has 0 saturated heterocycles. The molecule has 0 radical (unpaired) electrons. The first-order valence-electron chi connectivity index (χ1n) is 11.9. The van der Waals surface area contributed by atoms with E-state index in [4.69, 9.17) is 0 Å². The maximum Gasteiger partial charge on any atom is 0.124 e. The minimum absolute atomic E-state index is 0.0115. The Morgan fingerprint density at radius 1 is 0.697 bits per heavy atom. The molecular weight excluding hydrogens is 412 g/mol. The summed E-state index contributed by atoms with van der Waals surface area (Å²) in [5.74, 6) is 0.697. The number of phenols is 2. The van der Waals surface area contributed by atoms with E-state index in [-0.39, 0.29) is 23.2 Å². The Balaban J connectivity index is 2.00. The van der Waals surface area contributed by atoms with Crippen molar-refractivity contribution in [3.63, 3.8) is 0 Å². The number of aromatic hydroxyl groups is 2. The van der Waals surface area contributed by atoms with Gasteiger partial charge in [-0.25, -0.2) is 0 Å². The Morgan fingerprint density at radius 3 is 1.58 bits per heavy atom. The molecule has 6 nitrogen and oxygen atoms in total. The molecule has 2 aromatic carbocycles. The average molecular weight is 455 g/mol. The second kappa shape index (κ2) is 10.0. The lowest BCUT2D eigenvalue weighted by molar-refractivity contribution is 0.0861. The van der Waals surface area contributed by atoms with Crippen LogP contribution < -0.4 is 16.0 Å². The summed E-state index contributed by atoms with van der Waals surface area (Å²) >= 11 is 0. The Morgan fingerprint density at radius 2 is 1.12 bits per heavy atom. The summed E-state index contributed by atoms with van der Waals surface area (Å²) in [7, 11) is 2.08. The first-order chi connectivity index (χ1) is 15.4. The Kier molecular flexibility index (Phi) is 7.74. The predicted molar refractivity (Wildman–Crippen MR) is 135 cm³/mol. The SMILES string of the molecule is CN1Cc2cccc(c2O)CNC(C(C)(C)C)NCc2cccc(c2O)CNC1C(C)(C)C. The van der Waals surface area contributed by atoms with E-state index in [2.05, 4.69) is 69.4 Å². The Labute approximate surface area is 199 Å². The maximum absolute atomic E-state index is 11.1. The highest BCUT2D eigenvalue weighted by molar-refractivity contribution is 5.41. The largest absolute Gasteiger partial charge is 0.507 e. The molecule has 1 aliphatic heterocycles. The minimum atomic E-state index is -0.0619. The smallest absolute Gasteiger partial charge is 0.124 e. The molecule has 5 N–H and O–H groups in total. The fourth-order valence-electron chi connectivity index (χ4n) is 4.64. The van der Waals surface area contributed by atoms with Gasteiger partial charge in [0.2, 0.25) is 0 Å². The molecule has 33 heavy (non-hydrogen) atoms. The molecule has 0 amide bonds. The maximum atomic E-state index is 11.1. The fraction of sp³-hybridized carbons (Fsp3) is 0.556. The van der Waals surface area contributed by atoms with Crippen LogP contribution in [0.4, 0.5) is 0 Å². The molecule has 0 aliphatic carbocycles. The molecule has 1 aliphatic rings. The number of para-hydroxylation sites is 2. The number of rotatable bonds is 0. The van der Waals surface area contributed by atoms with Gasteiger partial charge >= 0.3 is 0 Å². The highest BCUT2D eigenvalue weighted by Crippen LogP contribution is 2.30. The van der Waals surface area contributed by atoms with Gasteiger partial charge in [-0.05, 0) is 17.9 Å². The fourth-order valence-corrected chi connectivity index (χ4v) is 4.64. The third kappa shape index (κ3) is 6.27. The normalized spacial score (nSPS) is 21.7. The van der Waals surface area contributed by atoms with Crippen LogP contribution in [0.15, 0.2) is 36.4 Å². The van der Waals surface area contributed by atoms with Gasteiger partial charge in [-0.3, -0.25) is 20.9 Å². The number of hydrogen-bond donors (Lipinski definition) is 5. The second-order valence-electron chi connectivity index (χ2n) is 11.5. The van der Waals surface area contributed by atoms with Crippen molar-refractivity contribution in [2.24, 2.45) is 10.8 Å². The summed E-state index contributed by atoms with van der Waals surface area (Å²) in [5.41, 5.74) is 3.44. The van der Waals surface area contributed by atoms with Crippen LogP contribution in [0.3, 0.4) is 0 Å². The molecule has 0 spiro atoms. The molecule has 0 saturated carbocycles. The molecule has 2 atom stereocenters. The zero-order valence-electron chi connectivity index (χ0n) is 21.3. The molecule has 0 fully saturated rings. The van der Waals surface area contributed by atoms with Gasteiger partial charge in [-0.2, -0.15) is 0 Å². The molecule has 4 bridgehead atoms. The standard InChI is InChI=1S/C27H42N4O2/c1-26(2,3)24-28-14-18-10-8-11-20(22(18)32)16-30-25(27(4,5)6)31(7)17-21-13-9-12-19(15-29-24)23(21)33/h8-13,24-25,28-30,32-33H,14-17H2,1-7H3. The molecule has 1 heterocycles. The van der Waals surface area contributed by atoms with Crippen LogP contribution in [-0.4, -0.2) is 34.5 Å². The summed E-state index contributed by atoms with van der Waals surface area (Å²) < 4.78 is 0. The molecular formula is C27H42N4O2. The highest BCUT2D eigenvalue weighted by atomic mass is 16.3. The monoisotopic (exact) mass is 454 g/mol. The summed E-state index contributed by atoms with van der Waals surface area (Å²) in [6.45, 7) is 15.4. The number of phenolic OH excluding ortho intramolecular Hbond substituents is 2. The van der Waals surface area contributed by atoms with E-state index in [1.54, 1.807) is 0 Å². The van der Waals surface area contributed by atoms with Crippen LogP contribution in [-0.2, 0) is 26.2 Å². The van der Waals surface area contributed by atoms with E-state index in [1.807, 2.05) is 36.4 Å². The first-order valence-corrected chi connectivity index (χ1v) is 11.9. The number of benzene rings is 2. The predicted octanol–water partition coefficient (Wildman–Crippen LogP) is 4.26. The molecule has 0 aromatic heterocycles. The third-order valence-electron chi connectivity index (χ3n) is 6.43. The van der Waals surface area contributed by atoms with Crippen molar-refractivity contribution in [3.8, 4) is 11.5 Å². The van der Waals surface area contributed by atoms with Crippen molar-refractivity contribution >= 4 is 0 Å². The topological polar surface area (TPSA) is 79.8 Å². The lowest BCUT2D eigenvalue weighted by Gasteiger charge is -2.39. The summed E-state index contributed by atoms with van der Waals surface area (Å²) in [6.07, 6.45) is 0.0284. The lowest BCUT2D eigenvalue weighted by atomic mass is 9.90. The van der Waals surface area contributed by atoms with E-state index in [0.717, 1.165) is 22.3 Å². The Hall–Kier alpha value is -2.12.